The van der Waals surface area contributed by atoms with Gasteiger partial charge < -0.3 is 19.6 Å². The van der Waals surface area contributed by atoms with E-state index in [2.05, 4.69) is 46.9 Å². The molecule has 0 bridgehead atoms. The smallest absolute Gasteiger partial charge is 0.424 e. The fraction of sp³-hybridized carbons (Fsp3) is 0.400. The number of aromatic nitrogens is 3. The summed E-state index contributed by atoms with van der Waals surface area (Å²) in [4.78, 5) is 10.8. The van der Waals surface area contributed by atoms with Crippen molar-refractivity contribution in [3.05, 3.63) is 77.6 Å². The van der Waals surface area contributed by atoms with Gasteiger partial charge in [-0.1, -0.05) is 25.1 Å². The van der Waals surface area contributed by atoms with Gasteiger partial charge in [-0.3, -0.25) is 10.9 Å². The van der Waals surface area contributed by atoms with Crippen LogP contribution in [0.5, 0.6) is 0 Å². The molecule has 0 saturated carbocycles. The van der Waals surface area contributed by atoms with Crippen molar-refractivity contribution in [2.45, 2.75) is 44.8 Å². The first-order chi connectivity index (χ1) is 15.0. The Kier molecular flexibility index (Phi) is 7.38. The van der Waals surface area contributed by atoms with Crippen LogP contribution < -0.4 is 0 Å². The summed E-state index contributed by atoms with van der Waals surface area (Å²) >= 11 is 0. The van der Waals surface area contributed by atoms with E-state index in [4.69, 9.17) is 4.52 Å². The quantitative estimate of drug-likeness (QED) is 0.361. The summed E-state index contributed by atoms with van der Waals surface area (Å²) in [6, 6.07) is 7.89. The number of pyridine rings is 1. The zero-order valence-electron chi connectivity index (χ0n) is 20.0. The standard InChI is InChI=1S/C25H30N4O3.Cd/c1-15(2)17-7-8-21(16(3)9-17)25(31,20-13-29(6)14-20)19-10-18(11-26-12-19)22-27-23(32-28-22)24(4,5)30;/h7-12,15,30-31H,3,13-14H2,1-2,4-6H3;/q-2;+2/t25-;/m0./s1. The number of likely N-dealkylation sites (tertiary alicyclic amines) is 1. The number of rotatable bonds is 6. The first kappa shape index (κ1) is 25.8. The Balaban J connectivity index is 0.00000306. The Hall–Kier alpha value is -1.82. The van der Waals surface area contributed by atoms with Crippen LogP contribution in [0.25, 0.3) is 11.4 Å². The Bertz CT molecular complexity index is 1120. The van der Waals surface area contributed by atoms with Crippen LogP contribution in [0.3, 0.4) is 0 Å². The molecule has 4 rings (SSSR count). The maximum absolute atomic E-state index is 12.2. The Morgan fingerprint density at radius 3 is 2.39 bits per heavy atom. The molecule has 170 valence electrons. The third-order valence-electron chi connectivity index (χ3n) is 5.98. The fourth-order valence-corrected chi connectivity index (χ4v) is 4.06. The monoisotopic (exact) mass is 548 g/mol. The Morgan fingerprint density at radius 1 is 1.15 bits per heavy atom. The van der Waals surface area contributed by atoms with Crippen molar-refractivity contribution in [1.29, 1.82) is 0 Å². The number of aliphatic hydroxyl groups is 2. The summed E-state index contributed by atoms with van der Waals surface area (Å²) in [7, 11) is 2.02. The second kappa shape index (κ2) is 9.44. The molecule has 1 fully saturated rings. The van der Waals surface area contributed by atoms with E-state index in [9.17, 15) is 10.2 Å². The van der Waals surface area contributed by atoms with E-state index in [0.717, 1.165) is 17.0 Å². The van der Waals surface area contributed by atoms with Crippen molar-refractivity contribution in [2.24, 2.45) is 0 Å². The van der Waals surface area contributed by atoms with E-state index in [1.165, 1.54) is 5.56 Å². The van der Waals surface area contributed by atoms with Crippen molar-refractivity contribution in [3.8, 4) is 11.4 Å². The molecule has 1 atom stereocenters. The molecule has 1 aliphatic heterocycles. The first-order valence-electron chi connectivity index (χ1n) is 10.7. The molecule has 3 heterocycles. The van der Waals surface area contributed by atoms with Gasteiger partial charge in [-0.05, 0) is 44.0 Å². The summed E-state index contributed by atoms with van der Waals surface area (Å²) < 4.78 is 5.22. The first-order valence-corrected chi connectivity index (χ1v) is 10.7. The van der Waals surface area contributed by atoms with Gasteiger partial charge in [0, 0.05) is 18.0 Å². The molecule has 0 radical (unpaired) electrons. The van der Waals surface area contributed by atoms with Crippen molar-refractivity contribution in [2.75, 3.05) is 20.1 Å². The van der Waals surface area contributed by atoms with Crippen LogP contribution in [0.4, 0.5) is 0 Å². The number of benzene rings is 1. The summed E-state index contributed by atoms with van der Waals surface area (Å²) in [5.74, 6) is 1.77. The van der Waals surface area contributed by atoms with E-state index >= 15 is 0 Å². The van der Waals surface area contributed by atoms with Crippen LogP contribution in [0.2, 0.25) is 0 Å². The van der Waals surface area contributed by atoms with E-state index in [0.29, 0.717) is 36.0 Å². The van der Waals surface area contributed by atoms with Crippen LogP contribution in [0, 0.1) is 12.8 Å². The predicted molar refractivity (Wildman–Crippen MR) is 122 cm³/mol. The molecular weight excluding hydrogens is 517 g/mol. The molecule has 2 aromatic heterocycles. The van der Waals surface area contributed by atoms with E-state index in [1.54, 1.807) is 26.2 Å². The van der Waals surface area contributed by atoms with Crippen LogP contribution >= 0.6 is 0 Å². The Morgan fingerprint density at radius 2 is 1.85 bits per heavy atom. The molecular formula is C25H30CdN4O3. The molecule has 2 N–H and O–H groups in total. The van der Waals surface area contributed by atoms with Crippen LogP contribution in [-0.4, -0.2) is 50.4 Å². The summed E-state index contributed by atoms with van der Waals surface area (Å²) in [5.41, 5.74) is 1.33. The third-order valence-corrected chi connectivity index (χ3v) is 5.98. The van der Waals surface area contributed by atoms with Crippen molar-refractivity contribution in [1.82, 2.24) is 20.0 Å². The second-order valence-electron chi connectivity index (χ2n) is 9.50. The van der Waals surface area contributed by atoms with Crippen LogP contribution in [0.15, 0.2) is 41.2 Å². The zero-order chi connectivity index (χ0) is 23.3. The normalized spacial score (nSPS) is 16.8. The van der Waals surface area contributed by atoms with Gasteiger partial charge in [0.25, 0.3) is 5.89 Å². The SMILES string of the molecule is [CH2-]c1cc(C(C)C)ccc1[C@](O)(c1cncc(-c2noc(C(C)(C)O)n2)c1)[C-]1CN(C)C1.[Cd+2]. The molecule has 0 unspecified atom stereocenters. The fourth-order valence-electron chi connectivity index (χ4n) is 4.06. The minimum absolute atomic E-state index is 0. The molecule has 33 heavy (non-hydrogen) atoms. The summed E-state index contributed by atoms with van der Waals surface area (Å²) in [6.07, 6.45) is 3.29. The average molecular weight is 547 g/mol. The maximum Gasteiger partial charge on any atom is 2.00 e. The topological polar surface area (TPSA) is 95.5 Å². The largest absolute Gasteiger partial charge is 2.00 e. The number of nitrogens with zero attached hydrogens (tertiary/aromatic N) is 4. The molecule has 0 amide bonds. The molecule has 1 aliphatic rings. The molecule has 1 saturated heterocycles. The van der Waals surface area contributed by atoms with Crippen molar-refractivity contribution < 1.29 is 42.0 Å². The predicted octanol–water partition coefficient (Wildman–Crippen LogP) is 3.42. The minimum Gasteiger partial charge on any atom is -0.424 e. The molecule has 0 aliphatic carbocycles. The van der Waals surface area contributed by atoms with E-state index in [-0.39, 0.29) is 33.2 Å². The van der Waals surface area contributed by atoms with Crippen LogP contribution in [0.1, 0.15) is 61.8 Å². The van der Waals surface area contributed by atoms with Crippen molar-refractivity contribution in [3.63, 3.8) is 0 Å². The zero-order valence-corrected chi connectivity index (χ0v) is 24.0. The third kappa shape index (κ3) is 4.87. The van der Waals surface area contributed by atoms with Gasteiger partial charge >= 0.3 is 27.3 Å². The number of hydrogen-bond acceptors (Lipinski definition) is 7. The van der Waals surface area contributed by atoms with Gasteiger partial charge in [0.05, 0.1) is 0 Å². The number of hydrogen-bond donors (Lipinski definition) is 2. The van der Waals surface area contributed by atoms with Gasteiger partial charge in [-0.2, -0.15) is 23.5 Å². The maximum atomic E-state index is 12.2. The molecule has 0 spiro atoms. The van der Waals surface area contributed by atoms with Gasteiger partial charge in [0.15, 0.2) is 0 Å². The summed E-state index contributed by atoms with van der Waals surface area (Å²) in [6.45, 7) is 13.0. The van der Waals surface area contributed by atoms with Crippen molar-refractivity contribution >= 4 is 0 Å². The average Bonchev–Trinajstić information content (AvgIpc) is 3.22. The molecule has 7 nitrogen and oxygen atoms in total. The minimum atomic E-state index is -1.34. The van der Waals surface area contributed by atoms with E-state index in [1.807, 2.05) is 25.2 Å². The Labute approximate surface area is 215 Å². The van der Waals surface area contributed by atoms with E-state index < -0.39 is 11.2 Å². The van der Waals surface area contributed by atoms with Gasteiger partial charge in [-0.25, -0.2) is 0 Å². The van der Waals surface area contributed by atoms with Gasteiger partial charge in [0.2, 0.25) is 5.82 Å². The van der Waals surface area contributed by atoms with Gasteiger partial charge in [-0.15, -0.1) is 30.3 Å². The second-order valence-corrected chi connectivity index (χ2v) is 9.50. The molecule has 1 aromatic carbocycles. The van der Waals surface area contributed by atoms with Crippen LogP contribution in [-0.2, 0) is 38.5 Å². The summed E-state index contributed by atoms with van der Waals surface area (Å²) in [5, 5.41) is 26.3. The van der Waals surface area contributed by atoms with Gasteiger partial charge in [0.1, 0.15) is 5.60 Å². The molecule has 8 heteroatoms. The molecule has 3 aromatic rings.